The van der Waals surface area contributed by atoms with Crippen LogP contribution in [-0.2, 0) is 12.6 Å². The van der Waals surface area contributed by atoms with Crippen molar-refractivity contribution in [3.8, 4) is 0 Å². The molecule has 0 spiro atoms. The molecule has 0 saturated carbocycles. The lowest BCUT2D eigenvalue weighted by atomic mass is 10.2. The highest BCUT2D eigenvalue weighted by atomic mass is 19.4. The zero-order valence-electron chi connectivity index (χ0n) is 9.32. The molecule has 0 unspecified atom stereocenters. The molecule has 0 bridgehead atoms. The number of imidazole rings is 1. The van der Waals surface area contributed by atoms with Gasteiger partial charge >= 0.3 is 12.1 Å². The topological polar surface area (TPSA) is 54.6 Å². The van der Waals surface area contributed by atoms with E-state index in [1.165, 1.54) is 0 Å². The molecule has 2 aromatic heterocycles. The Bertz CT molecular complexity index is 617. The smallest absolute Gasteiger partial charge is 0.416 e. The molecule has 0 aromatic carbocycles. The molecule has 0 aliphatic heterocycles. The quantitative estimate of drug-likeness (QED) is 0.900. The number of nitrogens with zero attached hydrogens (tertiary/aromatic N) is 2. The average Bonchev–Trinajstić information content (AvgIpc) is 2.64. The number of aromatic nitrogens is 2. The molecule has 18 heavy (non-hydrogen) atoms. The van der Waals surface area contributed by atoms with Gasteiger partial charge in [-0.3, -0.25) is 4.40 Å². The predicted octanol–water partition coefficient (Wildman–Crippen LogP) is 2.61. The van der Waals surface area contributed by atoms with Crippen LogP contribution in [0.15, 0.2) is 18.3 Å². The van der Waals surface area contributed by atoms with E-state index in [2.05, 4.69) is 4.98 Å². The van der Waals surface area contributed by atoms with Gasteiger partial charge in [0.2, 0.25) is 0 Å². The third kappa shape index (κ3) is 1.92. The highest BCUT2D eigenvalue weighted by Gasteiger charge is 2.31. The van der Waals surface area contributed by atoms with Crippen LogP contribution in [0.25, 0.3) is 5.65 Å². The number of halogens is 3. The van der Waals surface area contributed by atoms with E-state index >= 15 is 0 Å². The standard InChI is InChI=1S/C11H9F3N2O2/c1-2-7-9(10(17)18)16-4-3-6(11(12,13)14)5-8(16)15-7/h3-5H,2H2,1H3,(H,17,18). The maximum Gasteiger partial charge on any atom is 0.416 e. The van der Waals surface area contributed by atoms with Crippen LogP contribution in [0.2, 0.25) is 0 Å². The van der Waals surface area contributed by atoms with Gasteiger partial charge in [-0.25, -0.2) is 9.78 Å². The van der Waals surface area contributed by atoms with E-state index in [1.807, 2.05) is 0 Å². The van der Waals surface area contributed by atoms with E-state index < -0.39 is 17.7 Å². The Kier molecular flexibility index (Phi) is 2.76. The van der Waals surface area contributed by atoms with Crippen molar-refractivity contribution in [2.24, 2.45) is 0 Å². The number of carboxylic acids is 1. The van der Waals surface area contributed by atoms with Gasteiger partial charge in [-0.05, 0) is 18.6 Å². The van der Waals surface area contributed by atoms with Crippen molar-refractivity contribution < 1.29 is 23.1 Å². The number of fused-ring (bicyclic) bond motifs is 1. The number of aromatic carboxylic acids is 1. The van der Waals surface area contributed by atoms with Crippen LogP contribution in [0.4, 0.5) is 13.2 Å². The second-order valence-electron chi connectivity index (χ2n) is 3.71. The second-order valence-corrected chi connectivity index (χ2v) is 3.71. The van der Waals surface area contributed by atoms with Crippen molar-refractivity contribution in [3.05, 3.63) is 35.3 Å². The first kappa shape index (κ1) is 12.4. The summed E-state index contributed by atoms with van der Waals surface area (Å²) in [6.07, 6.45) is -3.05. The van der Waals surface area contributed by atoms with Gasteiger partial charge in [0.1, 0.15) is 5.65 Å². The Balaban J connectivity index is 2.70. The number of carbonyl (C=O) groups is 1. The van der Waals surface area contributed by atoms with Gasteiger partial charge in [-0.2, -0.15) is 13.2 Å². The van der Waals surface area contributed by atoms with Crippen LogP contribution in [-0.4, -0.2) is 20.5 Å². The number of hydrogen-bond acceptors (Lipinski definition) is 2. The van der Waals surface area contributed by atoms with E-state index in [0.29, 0.717) is 6.42 Å². The Morgan fingerprint density at radius 1 is 1.50 bits per heavy atom. The van der Waals surface area contributed by atoms with Crippen molar-refractivity contribution in [1.82, 2.24) is 9.38 Å². The normalized spacial score (nSPS) is 12.0. The van der Waals surface area contributed by atoms with E-state index in [9.17, 15) is 18.0 Å². The Morgan fingerprint density at radius 3 is 2.67 bits per heavy atom. The van der Waals surface area contributed by atoms with Crippen molar-refractivity contribution in [2.75, 3.05) is 0 Å². The summed E-state index contributed by atoms with van der Waals surface area (Å²) < 4.78 is 38.7. The summed E-state index contributed by atoms with van der Waals surface area (Å²) in [7, 11) is 0. The molecule has 0 aliphatic carbocycles. The molecule has 0 fully saturated rings. The highest BCUT2D eigenvalue weighted by molar-refractivity contribution is 5.88. The van der Waals surface area contributed by atoms with Crippen LogP contribution < -0.4 is 0 Å². The van der Waals surface area contributed by atoms with Crippen LogP contribution >= 0.6 is 0 Å². The monoisotopic (exact) mass is 258 g/mol. The number of aryl methyl sites for hydroxylation is 1. The number of pyridine rings is 1. The van der Waals surface area contributed by atoms with Crippen molar-refractivity contribution in [1.29, 1.82) is 0 Å². The van der Waals surface area contributed by atoms with Crippen molar-refractivity contribution >= 4 is 11.6 Å². The van der Waals surface area contributed by atoms with Crippen molar-refractivity contribution in [3.63, 3.8) is 0 Å². The fourth-order valence-corrected chi connectivity index (χ4v) is 1.74. The molecular weight excluding hydrogens is 249 g/mol. The molecular formula is C11H9F3N2O2. The second kappa shape index (κ2) is 4.01. The SMILES string of the molecule is CCc1nc2cc(C(F)(F)F)ccn2c1C(=O)O. The van der Waals surface area contributed by atoms with Gasteiger partial charge in [0.15, 0.2) is 5.69 Å². The molecule has 0 aliphatic rings. The molecule has 2 rings (SSSR count). The molecule has 0 radical (unpaired) electrons. The summed E-state index contributed by atoms with van der Waals surface area (Å²) >= 11 is 0. The number of carboxylic acid groups (broad SMARTS) is 1. The van der Waals surface area contributed by atoms with Crippen molar-refractivity contribution in [2.45, 2.75) is 19.5 Å². The lowest BCUT2D eigenvalue weighted by Crippen LogP contribution is -2.07. The summed E-state index contributed by atoms with van der Waals surface area (Å²) in [5, 5.41) is 9.03. The first-order valence-electron chi connectivity index (χ1n) is 5.16. The van der Waals surface area contributed by atoms with Gasteiger partial charge < -0.3 is 5.11 Å². The van der Waals surface area contributed by atoms with Crippen LogP contribution in [0.5, 0.6) is 0 Å². The minimum atomic E-state index is -4.47. The zero-order valence-corrected chi connectivity index (χ0v) is 9.32. The van der Waals surface area contributed by atoms with Gasteiger partial charge in [-0.1, -0.05) is 6.92 Å². The van der Waals surface area contributed by atoms with Gasteiger partial charge in [0, 0.05) is 6.20 Å². The molecule has 1 N–H and O–H groups in total. The first-order chi connectivity index (χ1) is 8.34. The fraction of sp³-hybridized carbons (Fsp3) is 0.273. The highest BCUT2D eigenvalue weighted by Crippen LogP contribution is 2.30. The lowest BCUT2D eigenvalue weighted by Gasteiger charge is -2.06. The molecule has 96 valence electrons. The molecule has 0 saturated heterocycles. The maximum atomic E-state index is 12.5. The summed E-state index contributed by atoms with van der Waals surface area (Å²) in [6, 6.07) is 1.67. The molecule has 7 heteroatoms. The maximum absolute atomic E-state index is 12.5. The molecule has 0 amide bonds. The summed E-state index contributed by atoms with van der Waals surface area (Å²) in [4.78, 5) is 15.0. The summed E-state index contributed by atoms with van der Waals surface area (Å²) in [5.74, 6) is -1.21. The Labute approximate surface area is 99.7 Å². The molecule has 2 aromatic rings. The predicted molar refractivity (Wildman–Crippen MR) is 56.5 cm³/mol. The van der Waals surface area contributed by atoms with Crippen LogP contribution in [0, 0.1) is 0 Å². The summed E-state index contributed by atoms with van der Waals surface area (Å²) in [6.45, 7) is 1.69. The van der Waals surface area contributed by atoms with Crippen LogP contribution in [0.3, 0.4) is 0 Å². The van der Waals surface area contributed by atoms with Gasteiger partial charge in [-0.15, -0.1) is 0 Å². The molecule has 0 atom stereocenters. The van der Waals surface area contributed by atoms with E-state index in [4.69, 9.17) is 5.11 Å². The zero-order chi connectivity index (χ0) is 13.5. The first-order valence-corrected chi connectivity index (χ1v) is 5.16. The minimum Gasteiger partial charge on any atom is -0.477 e. The van der Waals surface area contributed by atoms with E-state index in [0.717, 1.165) is 22.7 Å². The molecule has 2 heterocycles. The third-order valence-electron chi connectivity index (χ3n) is 2.56. The van der Waals surface area contributed by atoms with E-state index in [1.54, 1.807) is 6.92 Å². The largest absolute Gasteiger partial charge is 0.477 e. The van der Waals surface area contributed by atoms with Crippen LogP contribution in [0.1, 0.15) is 28.7 Å². The number of rotatable bonds is 2. The lowest BCUT2D eigenvalue weighted by molar-refractivity contribution is -0.137. The summed E-state index contributed by atoms with van der Waals surface area (Å²) in [5.41, 5.74) is -0.693. The van der Waals surface area contributed by atoms with Gasteiger partial charge in [0.25, 0.3) is 0 Å². The number of alkyl halides is 3. The average molecular weight is 258 g/mol. The fourth-order valence-electron chi connectivity index (χ4n) is 1.74. The Morgan fingerprint density at radius 2 is 2.17 bits per heavy atom. The Hall–Kier alpha value is -2.05. The van der Waals surface area contributed by atoms with E-state index in [-0.39, 0.29) is 17.0 Å². The van der Waals surface area contributed by atoms with Gasteiger partial charge in [0.05, 0.1) is 11.3 Å². The number of hydrogen-bond donors (Lipinski definition) is 1. The third-order valence-corrected chi connectivity index (χ3v) is 2.56. The molecule has 4 nitrogen and oxygen atoms in total. The minimum absolute atomic E-state index is 0.0147.